The Morgan fingerprint density at radius 2 is 2.04 bits per heavy atom. The van der Waals surface area contributed by atoms with Gasteiger partial charge in [-0.2, -0.15) is 0 Å². The van der Waals surface area contributed by atoms with Gasteiger partial charge in [-0.15, -0.1) is 0 Å². The molecule has 1 aliphatic rings. The van der Waals surface area contributed by atoms with E-state index in [1.807, 2.05) is 11.8 Å². The molecule has 1 saturated heterocycles. The Kier molecular flexibility index (Phi) is 3.86. The van der Waals surface area contributed by atoms with E-state index in [4.69, 9.17) is 0 Å². The van der Waals surface area contributed by atoms with Crippen LogP contribution in [0.25, 0.3) is 21.8 Å². The molecule has 2 aromatic heterocycles. The fourth-order valence-electron chi connectivity index (χ4n) is 3.75. The number of nitrogens with zero attached hydrogens (tertiary/aromatic N) is 3. The minimum Gasteiger partial charge on any atom is -0.477 e. The van der Waals surface area contributed by atoms with Gasteiger partial charge in [-0.25, -0.2) is 9.18 Å². The minimum atomic E-state index is -1.27. The van der Waals surface area contributed by atoms with Crippen molar-refractivity contribution < 1.29 is 14.3 Å². The van der Waals surface area contributed by atoms with E-state index in [1.54, 1.807) is 4.57 Å². The molecule has 0 radical (unpaired) electrons. The smallest absolute Gasteiger partial charge is 0.341 e. The fourth-order valence-corrected chi connectivity index (χ4v) is 3.75. The molecule has 1 fully saturated rings. The van der Waals surface area contributed by atoms with Crippen LogP contribution in [-0.2, 0) is 6.54 Å². The quantitative estimate of drug-likeness (QED) is 0.731. The highest BCUT2D eigenvalue weighted by molar-refractivity contribution is 6.09. The predicted octanol–water partition coefficient (Wildman–Crippen LogP) is 3.01. The first kappa shape index (κ1) is 16.5. The molecule has 0 saturated carbocycles. The van der Waals surface area contributed by atoms with E-state index in [-0.39, 0.29) is 16.8 Å². The van der Waals surface area contributed by atoms with E-state index in [1.165, 1.54) is 24.5 Å². The summed E-state index contributed by atoms with van der Waals surface area (Å²) in [5, 5.41) is 10.2. The number of hydrogen-bond acceptors (Lipinski definition) is 4. The van der Waals surface area contributed by atoms with Gasteiger partial charge in [0.15, 0.2) is 0 Å². The lowest BCUT2D eigenvalue weighted by atomic mass is 10.1. The molecule has 6 nitrogen and oxygen atoms in total. The zero-order valence-electron chi connectivity index (χ0n) is 14.3. The third-order valence-electron chi connectivity index (χ3n) is 5.00. The Balaban J connectivity index is 2.16. The standard InChI is InChI=1S/C19H18FN3O3/c1-2-22-10-12(19(25)26)18(24)15-11-5-6-13(20)17(23-7-3-4-8-23)16(11)21-9-14(15)22/h5-6,9-10H,2-4,7-8H2,1H3,(H,25,26). The molecule has 1 aromatic carbocycles. The Labute approximate surface area is 148 Å². The van der Waals surface area contributed by atoms with Crippen LogP contribution in [0.4, 0.5) is 10.1 Å². The minimum absolute atomic E-state index is 0.275. The van der Waals surface area contributed by atoms with Crippen molar-refractivity contribution in [3.8, 4) is 0 Å². The summed E-state index contributed by atoms with van der Waals surface area (Å²) in [5.74, 6) is -1.65. The van der Waals surface area contributed by atoms with Gasteiger partial charge in [-0.05, 0) is 31.9 Å². The van der Waals surface area contributed by atoms with Crippen LogP contribution in [0.15, 0.2) is 29.3 Å². The summed E-state index contributed by atoms with van der Waals surface area (Å²) in [6.07, 6.45) is 4.84. The number of benzene rings is 1. The number of carbonyl (C=O) groups is 1. The van der Waals surface area contributed by atoms with Gasteiger partial charge >= 0.3 is 5.97 Å². The lowest BCUT2D eigenvalue weighted by molar-refractivity contribution is 0.0695. The Bertz CT molecular complexity index is 1100. The lowest BCUT2D eigenvalue weighted by Crippen LogP contribution is -2.21. The maximum absolute atomic E-state index is 14.6. The maximum Gasteiger partial charge on any atom is 0.341 e. The number of anilines is 1. The predicted molar refractivity (Wildman–Crippen MR) is 97.5 cm³/mol. The van der Waals surface area contributed by atoms with Gasteiger partial charge in [-0.3, -0.25) is 9.78 Å². The average molecular weight is 355 g/mol. The molecule has 0 aliphatic carbocycles. The van der Waals surface area contributed by atoms with Crippen LogP contribution >= 0.6 is 0 Å². The van der Waals surface area contributed by atoms with Crippen LogP contribution in [0.3, 0.4) is 0 Å². The molecule has 0 spiro atoms. The van der Waals surface area contributed by atoms with Crippen molar-refractivity contribution in [2.45, 2.75) is 26.3 Å². The molecule has 0 unspecified atom stereocenters. The van der Waals surface area contributed by atoms with Gasteiger partial charge < -0.3 is 14.6 Å². The van der Waals surface area contributed by atoms with Gasteiger partial charge in [0, 0.05) is 31.2 Å². The van der Waals surface area contributed by atoms with Crippen molar-refractivity contribution in [2.75, 3.05) is 18.0 Å². The van der Waals surface area contributed by atoms with Crippen LogP contribution in [0.1, 0.15) is 30.1 Å². The van der Waals surface area contributed by atoms with Gasteiger partial charge in [0.05, 0.1) is 28.3 Å². The van der Waals surface area contributed by atoms with Gasteiger partial charge in [0.2, 0.25) is 5.43 Å². The van der Waals surface area contributed by atoms with E-state index >= 15 is 0 Å². The Morgan fingerprint density at radius 1 is 1.31 bits per heavy atom. The number of fused-ring (bicyclic) bond motifs is 3. The molecule has 26 heavy (non-hydrogen) atoms. The maximum atomic E-state index is 14.6. The van der Waals surface area contributed by atoms with Gasteiger partial charge in [0.25, 0.3) is 0 Å². The third kappa shape index (κ3) is 2.34. The molecule has 0 atom stereocenters. The monoisotopic (exact) mass is 355 g/mol. The van der Waals surface area contributed by atoms with Gasteiger partial charge in [-0.1, -0.05) is 0 Å². The summed E-state index contributed by atoms with van der Waals surface area (Å²) >= 11 is 0. The number of aryl methyl sites for hydroxylation is 1. The lowest BCUT2D eigenvalue weighted by Gasteiger charge is -2.21. The first-order valence-corrected chi connectivity index (χ1v) is 8.65. The summed E-state index contributed by atoms with van der Waals surface area (Å²) in [5.41, 5.74) is 0.489. The third-order valence-corrected chi connectivity index (χ3v) is 5.00. The summed E-state index contributed by atoms with van der Waals surface area (Å²) in [6.45, 7) is 3.83. The summed E-state index contributed by atoms with van der Waals surface area (Å²) in [7, 11) is 0. The van der Waals surface area contributed by atoms with E-state index in [0.717, 1.165) is 25.9 Å². The van der Waals surface area contributed by atoms with Crippen molar-refractivity contribution in [2.24, 2.45) is 0 Å². The normalized spacial score (nSPS) is 14.5. The van der Waals surface area contributed by atoms with Crippen LogP contribution in [0, 0.1) is 5.82 Å². The number of aromatic nitrogens is 2. The number of aromatic carboxylic acids is 1. The summed E-state index contributed by atoms with van der Waals surface area (Å²) in [6, 6.07) is 2.85. The van der Waals surface area contributed by atoms with Crippen LogP contribution in [0.2, 0.25) is 0 Å². The fraction of sp³-hybridized carbons (Fsp3) is 0.316. The second-order valence-electron chi connectivity index (χ2n) is 6.47. The molecular weight excluding hydrogens is 337 g/mol. The number of hydrogen-bond donors (Lipinski definition) is 1. The van der Waals surface area contributed by atoms with E-state index < -0.39 is 11.4 Å². The number of pyridine rings is 2. The molecule has 1 aliphatic heterocycles. The van der Waals surface area contributed by atoms with Crippen molar-refractivity contribution >= 4 is 33.5 Å². The molecule has 134 valence electrons. The van der Waals surface area contributed by atoms with E-state index in [9.17, 15) is 19.1 Å². The molecule has 0 bridgehead atoms. The molecular formula is C19H18FN3O3. The molecule has 3 heterocycles. The first-order valence-electron chi connectivity index (χ1n) is 8.65. The molecule has 4 rings (SSSR count). The van der Waals surface area contributed by atoms with Crippen molar-refractivity contribution in [3.05, 3.63) is 46.1 Å². The molecule has 3 aromatic rings. The zero-order chi connectivity index (χ0) is 18.4. The molecule has 1 N–H and O–H groups in total. The first-order chi connectivity index (χ1) is 12.5. The second-order valence-corrected chi connectivity index (χ2v) is 6.47. The van der Waals surface area contributed by atoms with Crippen LogP contribution in [0.5, 0.6) is 0 Å². The van der Waals surface area contributed by atoms with Crippen molar-refractivity contribution in [3.63, 3.8) is 0 Å². The Morgan fingerprint density at radius 3 is 2.69 bits per heavy atom. The topological polar surface area (TPSA) is 75.4 Å². The summed E-state index contributed by atoms with van der Waals surface area (Å²) < 4.78 is 16.3. The Hall–Kier alpha value is -2.96. The highest BCUT2D eigenvalue weighted by Gasteiger charge is 2.23. The molecule has 0 amide bonds. The number of halogens is 1. The molecule has 7 heteroatoms. The summed E-state index contributed by atoms with van der Waals surface area (Å²) in [4.78, 5) is 30.7. The second kappa shape index (κ2) is 6.09. The van der Waals surface area contributed by atoms with E-state index in [2.05, 4.69) is 4.98 Å². The highest BCUT2D eigenvalue weighted by Crippen LogP contribution is 2.33. The number of carboxylic acid groups (broad SMARTS) is 1. The average Bonchev–Trinajstić information content (AvgIpc) is 3.15. The largest absolute Gasteiger partial charge is 0.477 e. The highest BCUT2D eigenvalue weighted by atomic mass is 19.1. The number of carboxylic acids is 1. The van der Waals surface area contributed by atoms with Crippen LogP contribution in [-0.4, -0.2) is 33.7 Å². The van der Waals surface area contributed by atoms with Crippen LogP contribution < -0.4 is 10.3 Å². The van der Waals surface area contributed by atoms with Crippen molar-refractivity contribution in [1.29, 1.82) is 0 Å². The zero-order valence-corrected chi connectivity index (χ0v) is 14.3. The SMILES string of the molecule is CCn1cc(C(=O)O)c(=O)c2c3ccc(F)c(N4CCCC4)c3ncc21. The van der Waals surface area contributed by atoms with E-state index in [0.29, 0.717) is 28.7 Å². The van der Waals surface area contributed by atoms with Crippen molar-refractivity contribution in [1.82, 2.24) is 9.55 Å². The number of rotatable bonds is 3. The van der Waals surface area contributed by atoms with Gasteiger partial charge in [0.1, 0.15) is 11.4 Å².